The molecule has 0 aromatic heterocycles. The van der Waals surface area contributed by atoms with Gasteiger partial charge in [-0.2, -0.15) is 0 Å². The second-order valence-corrected chi connectivity index (χ2v) is 11.1. The lowest BCUT2D eigenvalue weighted by atomic mass is 9.78. The van der Waals surface area contributed by atoms with Crippen LogP contribution in [0.3, 0.4) is 0 Å². The Bertz CT molecular complexity index is 1240. The van der Waals surface area contributed by atoms with Crippen molar-refractivity contribution < 1.29 is 24.1 Å². The van der Waals surface area contributed by atoms with Gasteiger partial charge in [-0.05, 0) is 51.8 Å². The average molecular weight is 502 g/mol. The van der Waals surface area contributed by atoms with Crippen molar-refractivity contribution >= 4 is 12.0 Å². The van der Waals surface area contributed by atoms with E-state index in [0.717, 1.165) is 39.6 Å². The van der Waals surface area contributed by atoms with Crippen LogP contribution in [0.1, 0.15) is 63.8 Å². The van der Waals surface area contributed by atoms with Crippen LogP contribution in [0.25, 0.3) is 17.2 Å². The van der Waals surface area contributed by atoms with Gasteiger partial charge in [-0.3, -0.25) is 0 Å². The van der Waals surface area contributed by atoms with Gasteiger partial charge in [0, 0.05) is 23.8 Å². The van der Waals surface area contributed by atoms with E-state index in [0.29, 0.717) is 17.9 Å². The SMILES string of the molecule is COCOc1ccc(/C=C/C(=O)[O-])cc1-c1cc(C(C)(C)C)cc(C(C)(C)C)c1OCc1ccccc1. The number of carboxylic acids is 1. The molecule has 0 unspecified atom stereocenters. The molecule has 0 fully saturated rings. The highest BCUT2D eigenvalue weighted by Crippen LogP contribution is 2.46. The maximum atomic E-state index is 11.1. The summed E-state index contributed by atoms with van der Waals surface area (Å²) in [6.45, 7) is 13.6. The van der Waals surface area contributed by atoms with Crippen LogP contribution in [0.15, 0.2) is 66.7 Å². The van der Waals surface area contributed by atoms with E-state index in [9.17, 15) is 9.90 Å². The fourth-order valence-electron chi connectivity index (χ4n) is 3.98. The Morgan fingerprint density at radius 2 is 1.57 bits per heavy atom. The van der Waals surface area contributed by atoms with Crippen LogP contribution in [0.2, 0.25) is 0 Å². The molecule has 196 valence electrons. The molecule has 0 amide bonds. The maximum absolute atomic E-state index is 11.1. The van der Waals surface area contributed by atoms with Crippen LogP contribution in [0.5, 0.6) is 11.5 Å². The highest BCUT2D eigenvalue weighted by atomic mass is 16.7. The highest BCUT2D eigenvalue weighted by molar-refractivity contribution is 5.85. The summed E-state index contributed by atoms with van der Waals surface area (Å²) >= 11 is 0. The van der Waals surface area contributed by atoms with Gasteiger partial charge in [0.2, 0.25) is 0 Å². The van der Waals surface area contributed by atoms with E-state index < -0.39 is 5.97 Å². The summed E-state index contributed by atoms with van der Waals surface area (Å²) in [6, 6.07) is 20.0. The van der Waals surface area contributed by atoms with E-state index in [4.69, 9.17) is 14.2 Å². The fraction of sp³-hybridized carbons (Fsp3) is 0.344. The summed E-state index contributed by atoms with van der Waals surface area (Å²) in [5.74, 6) is 0.133. The van der Waals surface area contributed by atoms with Crippen molar-refractivity contribution in [1.29, 1.82) is 0 Å². The smallest absolute Gasteiger partial charge is 0.188 e. The van der Waals surface area contributed by atoms with Crippen molar-refractivity contribution in [3.05, 3.63) is 89.0 Å². The highest BCUT2D eigenvalue weighted by Gasteiger charge is 2.28. The minimum absolute atomic E-state index is 0.0759. The number of carbonyl (C=O) groups is 1. The van der Waals surface area contributed by atoms with Gasteiger partial charge in [0.25, 0.3) is 0 Å². The van der Waals surface area contributed by atoms with Gasteiger partial charge in [0.1, 0.15) is 18.1 Å². The van der Waals surface area contributed by atoms with E-state index in [1.165, 1.54) is 6.08 Å². The van der Waals surface area contributed by atoms with Gasteiger partial charge in [-0.15, -0.1) is 0 Å². The average Bonchev–Trinajstić information content (AvgIpc) is 2.84. The quantitative estimate of drug-likeness (QED) is 0.255. The largest absolute Gasteiger partial charge is 0.545 e. The summed E-state index contributed by atoms with van der Waals surface area (Å²) in [6.07, 6.45) is 2.54. The molecule has 0 bridgehead atoms. The number of hydrogen-bond donors (Lipinski definition) is 0. The minimum atomic E-state index is -1.25. The Kier molecular flexibility index (Phi) is 8.82. The monoisotopic (exact) mass is 501 g/mol. The molecule has 5 heteroatoms. The van der Waals surface area contributed by atoms with Crippen LogP contribution in [-0.4, -0.2) is 19.9 Å². The Balaban J connectivity index is 2.31. The third kappa shape index (κ3) is 7.46. The Morgan fingerprint density at radius 3 is 2.16 bits per heavy atom. The van der Waals surface area contributed by atoms with Crippen LogP contribution in [0, 0.1) is 0 Å². The topological polar surface area (TPSA) is 67.8 Å². The number of rotatable bonds is 9. The minimum Gasteiger partial charge on any atom is -0.545 e. The first kappa shape index (κ1) is 28.0. The molecule has 3 aromatic rings. The number of carbonyl (C=O) groups excluding carboxylic acids is 1. The number of methoxy groups -OCH3 is 1. The zero-order valence-corrected chi connectivity index (χ0v) is 22.9. The van der Waals surface area contributed by atoms with E-state index in [1.54, 1.807) is 13.2 Å². The van der Waals surface area contributed by atoms with Crippen molar-refractivity contribution in [3.8, 4) is 22.6 Å². The maximum Gasteiger partial charge on any atom is 0.188 e. The first-order chi connectivity index (χ1) is 17.4. The summed E-state index contributed by atoms with van der Waals surface area (Å²) in [5, 5.41) is 11.1. The molecule has 3 aromatic carbocycles. The lowest BCUT2D eigenvalue weighted by Crippen LogP contribution is -2.19. The number of hydrogen-bond acceptors (Lipinski definition) is 5. The normalized spacial score (nSPS) is 12.1. The molecule has 37 heavy (non-hydrogen) atoms. The number of ether oxygens (including phenoxy) is 3. The Labute approximate surface area is 220 Å². The molecule has 0 N–H and O–H groups in total. The summed E-state index contributed by atoms with van der Waals surface area (Å²) in [5.41, 5.74) is 5.35. The standard InChI is InChI=1S/C32H38O5/c1-31(2,3)24-18-26(25-17-22(14-16-29(33)34)13-15-28(25)37-21-35-7)30(27(19-24)32(4,5)6)36-20-23-11-9-8-10-12-23/h8-19H,20-21H2,1-7H3,(H,33,34)/p-1/b16-14+. The molecule has 5 nitrogen and oxygen atoms in total. The molecule has 0 spiro atoms. The van der Waals surface area contributed by atoms with Gasteiger partial charge in [0.05, 0.1) is 5.97 Å². The molecule has 0 saturated carbocycles. The molecule has 0 aliphatic carbocycles. The molecule has 3 rings (SSSR count). The van der Waals surface area contributed by atoms with Crippen LogP contribution in [-0.2, 0) is 27.0 Å². The summed E-state index contributed by atoms with van der Waals surface area (Å²) in [4.78, 5) is 11.1. The van der Waals surface area contributed by atoms with Gasteiger partial charge in [-0.25, -0.2) is 0 Å². The molecule has 0 atom stereocenters. The van der Waals surface area contributed by atoms with Gasteiger partial charge < -0.3 is 24.1 Å². The van der Waals surface area contributed by atoms with E-state index >= 15 is 0 Å². The van der Waals surface area contributed by atoms with Gasteiger partial charge >= 0.3 is 0 Å². The second-order valence-electron chi connectivity index (χ2n) is 11.1. The van der Waals surface area contributed by atoms with Crippen LogP contribution in [0.4, 0.5) is 0 Å². The van der Waals surface area contributed by atoms with Crippen LogP contribution >= 0.6 is 0 Å². The lowest BCUT2D eigenvalue weighted by molar-refractivity contribution is -0.297. The molecule has 0 radical (unpaired) electrons. The summed E-state index contributed by atoms with van der Waals surface area (Å²) in [7, 11) is 1.57. The fourth-order valence-corrected chi connectivity index (χ4v) is 3.98. The number of carboxylic acid groups (broad SMARTS) is 1. The first-order valence-corrected chi connectivity index (χ1v) is 12.4. The van der Waals surface area contributed by atoms with Gasteiger partial charge in [-0.1, -0.05) is 90.1 Å². The molecular weight excluding hydrogens is 464 g/mol. The van der Waals surface area contributed by atoms with Crippen LogP contribution < -0.4 is 14.6 Å². The molecule has 0 heterocycles. The first-order valence-electron chi connectivity index (χ1n) is 12.4. The molecule has 0 saturated heterocycles. The van der Waals surface area contributed by atoms with E-state index in [2.05, 4.69) is 53.7 Å². The Morgan fingerprint density at radius 1 is 0.865 bits per heavy atom. The third-order valence-electron chi connectivity index (χ3n) is 6.03. The molecule has 0 aliphatic heterocycles. The third-order valence-corrected chi connectivity index (χ3v) is 6.03. The van der Waals surface area contributed by atoms with E-state index in [-0.39, 0.29) is 17.6 Å². The van der Waals surface area contributed by atoms with Gasteiger partial charge in [0.15, 0.2) is 6.79 Å². The number of aliphatic carboxylic acids is 1. The lowest BCUT2D eigenvalue weighted by Gasteiger charge is -2.30. The second kappa shape index (κ2) is 11.7. The number of benzene rings is 3. The predicted octanol–water partition coefficient (Wildman–Crippen LogP) is 6.27. The summed E-state index contributed by atoms with van der Waals surface area (Å²) < 4.78 is 17.7. The zero-order valence-electron chi connectivity index (χ0n) is 22.9. The van der Waals surface area contributed by atoms with Crippen molar-refractivity contribution in [2.75, 3.05) is 13.9 Å². The van der Waals surface area contributed by atoms with Crippen molar-refractivity contribution in [2.24, 2.45) is 0 Å². The zero-order chi connectivity index (χ0) is 27.2. The van der Waals surface area contributed by atoms with E-state index in [1.807, 2.05) is 42.5 Å². The molecular formula is C32H37O5-. The van der Waals surface area contributed by atoms with Crippen molar-refractivity contribution in [1.82, 2.24) is 0 Å². The van der Waals surface area contributed by atoms with Crippen molar-refractivity contribution in [3.63, 3.8) is 0 Å². The Hall–Kier alpha value is -3.57. The molecule has 0 aliphatic rings. The van der Waals surface area contributed by atoms with Crippen molar-refractivity contribution in [2.45, 2.75) is 59.0 Å². The predicted molar refractivity (Wildman–Crippen MR) is 147 cm³/mol.